The molecule has 0 radical (unpaired) electrons. The molecule has 0 saturated carbocycles. The molecule has 2 heterocycles. The van der Waals surface area contributed by atoms with Crippen molar-refractivity contribution in [3.63, 3.8) is 0 Å². The number of benzene rings is 1. The van der Waals surface area contributed by atoms with Gasteiger partial charge in [0.15, 0.2) is 0 Å². The summed E-state index contributed by atoms with van der Waals surface area (Å²) in [5.74, 6) is 2.31. The van der Waals surface area contributed by atoms with E-state index in [0.29, 0.717) is 17.1 Å². The number of amides is 2. The molecule has 3 rings (SSSR count). The summed E-state index contributed by atoms with van der Waals surface area (Å²) in [6, 6.07) is 5.77. The predicted octanol–water partition coefficient (Wildman–Crippen LogP) is 2.26. The van der Waals surface area contributed by atoms with Gasteiger partial charge in [0, 0.05) is 17.3 Å². The van der Waals surface area contributed by atoms with Gasteiger partial charge in [-0.15, -0.1) is 11.8 Å². The number of rotatable bonds is 7. The lowest BCUT2D eigenvalue weighted by atomic mass is 9.95. The van der Waals surface area contributed by atoms with Gasteiger partial charge in [-0.2, -0.15) is 11.8 Å². The van der Waals surface area contributed by atoms with Crippen LogP contribution in [0.15, 0.2) is 35.5 Å². The quantitative estimate of drug-likeness (QED) is 0.608. The summed E-state index contributed by atoms with van der Waals surface area (Å²) in [6.07, 6.45) is 0. The van der Waals surface area contributed by atoms with Crippen molar-refractivity contribution in [1.29, 1.82) is 0 Å². The average molecular weight is 453 g/mol. The zero-order valence-corrected chi connectivity index (χ0v) is 18.4. The highest BCUT2D eigenvalue weighted by molar-refractivity contribution is 8.07. The van der Waals surface area contributed by atoms with Gasteiger partial charge in [0.05, 0.1) is 31.0 Å². The van der Waals surface area contributed by atoms with E-state index in [4.69, 9.17) is 14.2 Å². The van der Waals surface area contributed by atoms with E-state index >= 15 is 0 Å². The first-order valence-corrected chi connectivity index (χ1v) is 11.7. The fourth-order valence-corrected chi connectivity index (χ4v) is 5.62. The fraction of sp³-hybridized carbons (Fsp3) is 0.450. The molecular weight excluding hydrogens is 428 g/mol. The molecule has 1 aromatic carbocycles. The molecule has 0 bridgehead atoms. The zero-order chi connectivity index (χ0) is 21.5. The largest absolute Gasteiger partial charge is 0.497 e. The van der Waals surface area contributed by atoms with Gasteiger partial charge in [-0.1, -0.05) is 12.1 Å². The molecule has 162 valence electrons. The van der Waals surface area contributed by atoms with Crippen molar-refractivity contribution < 1.29 is 28.6 Å². The molecule has 2 amide bonds. The van der Waals surface area contributed by atoms with E-state index in [1.807, 2.05) is 0 Å². The Hall–Kier alpha value is -2.33. The van der Waals surface area contributed by atoms with Crippen LogP contribution in [0.5, 0.6) is 5.75 Å². The van der Waals surface area contributed by atoms with E-state index in [1.54, 1.807) is 61.8 Å². The summed E-state index contributed by atoms with van der Waals surface area (Å²) in [7, 11) is 1.56. The van der Waals surface area contributed by atoms with Gasteiger partial charge in [0.2, 0.25) is 0 Å². The van der Waals surface area contributed by atoms with Crippen LogP contribution in [0.3, 0.4) is 0 Å². The minimum atomic E-state index is -0.739. The normalized spacial score (nSPS) is 21.3. The number of ether oxygens (including phenoxy) is 3. The topological polar surface area (TPSA) is 103 Å². The summed E-state index contributed by atoms with van der Waals surface area (Å²) in [5, 5.41) is 5.10. The van der Waals surface area contributed by atoms with Gasteiger partial charge in [-0.05, 0) is 24.6 Å². The number of esters is 2. The second-order valence-corrected chi connectivity index (χ2v) is 8.92. The van der Waals surface area contributed by atoms with Crippen LogP contribution in [0.1, 0.15) is 18.5 Å². The summed E-state index contributed by atoms with van der Waals surface area (Å²) < 4.78 is 15.8. The molecule has 2 atom stereocenters. The maximum absolute atomic E-state index is 12.7. The van der Waals surface area contributed by atoms with Crippen molar-refractivity contribution in [1.82, 2.24) is 10.6 Å². The Labute approximate surface area is 183 Å². The molecule has 2 aliphatic rings. The Morgan fingerprint density at radius 2 is 1.93 bits per heavy atom. The van der Waals surface area contributed by atoms with E-state index in [1.165, 1.54) is 0 Å². The molecule has 8 nitrogen and oxygen atoms in total. The van der Waals surface area contributed by atoms with E-state index in [9.17, 15) is 14.4 Å². The third-order valence-corrected chi connectivity index (χ3v) is 7.27. The van der Waals surface area contributed by atoms with Crippen LogP contribution in [-0.4, -0.2) is 60.8 Å². The number of nitrogens with one attached hydrogen (secondary N) is 2. The SMILES string of the molecule is CCOC(=O)C1=C(COC(=O)[C@@H]2CSCCS2)NC(=O)N[C@H]1c1ccc(OC)cc1. The smallest absolute Gasteiger partial charge is 0.338 e. The van der Waals surface area contributed by atoms with Crippen molar-refractivity contribution in [3.05, 3.63) is 41.1 Å². The third kappa shape index (κ3) is 5.42. The molecule has 2 aliphatic heterocycles. The Morgan fingerprint density at radius 3 is 2.57 bits per heavy atom. The molecule has 1 fully saturated rings. The standard InChI is InChI=1S/C20H24N2O6S2/c1-3-27-19(24)16-14(10-28-18(23)15-11-29-8-9-30-15)21-20(25)22-17(16)12-4-6-13(26-2)7-5-12/h4-7,15,17H,3,8-11H2,1-2H3,(H2,21,22,25)/t15-,17-/m0/s1. The second-order valence-electron chi connectivity index (χ2n) is 6.46. The molecule has 1 saturated heterocycles. The molecule has 0 spiro atoms. The Bertz CT molecular complexity index is 821. The molecule has 0 aliphatic carbocycles. The summed E-state index contributed by atoms with van der Waals surface area (Å²) >= 11 is 3.27. The summed E-state index contributed by atoms with van der Waals surface area (Å²) in [4.78, 5) is 37.4. The van der Waals surface area contributed by atoms with Crippen LogP contribution in [0.4, 0.5) is 4.79 Å². The fourth-order valence-electron chi connectivity index (χ4n) is 3.09. The lowest BCUT2D eigenvalue weighted by molar-refractivity contribution is -0.142. The Balaban J connectivity index is 1.86. The van der Waals surface area contributed by atoms with Crippen LogP contribution in [0.25, 0.3) is 0 Å². The first kappa shape index (κ1) is 22.4. The second kappa shape index (κ2) is 10.6. The van der Waals surface area contributed by atoms with E-state index in [2.05, 4.69) is 10.6 Å². The van der Waals surface area contributed by atoms with Gasteiger partial charge >= 0.3 is 18.0 Å². The monoisotopic (exact) mass is 452 g/mol. The van der Waals surface area contributed by atoms with Gasteiger partial charge in [0.1, 0.15) is 17.6 Å². The highest BCUT2D eigenvalue weighted by atomic mass is 32.2. The van der Waals surface area contributed by atoms with Crippen molar-refractivity contribution in [2.45, 2.75) is 18.2 Å². The van der Waals surface area contributed by atoms with Crippen LogP contribution < -0.4 is 15.4 Å². The van der Waals surface area contributed by atoms with Crippen molar-refractivity contribution in [2.24, 2.45) is 0 Å². The van der Waals surface area contributed by atoms with Crippen LogP contribution in [0, 0.1) is 0 Å². The highest BCUT2D eigenvalue weighted by Crippen LogP contribution is 2.30. The maximum Gasteiger partial charge on any atom is 0.338 e. The average Bonchev–Trinajstić information content (AvgIpc) is 2.77. The Morgan fingerprint density at radius 1 is 1.17 bits per heavy atom. The van der Waals surface area contributed by atoms with Crippen LogP contribution >= 0.6 is 23.5 Å². The molecule has 10 heteroatoms. The number of methoxy groups -OCH3 is 1. The van der Waals surface area contributed by atoms with Crippen molar-refractivity contribution >= 4 is 41.5 Å². The first-order valence-electron chi connectivity index (χ1n) is 9.51. The van der Waals surface area contributed by atoms with Crippen molar-refractivity contribution in [3.8, 4) is 5.75 Å². The van der Waals surface area contributed by atoms with Crippen LogP contribution in [0.2, 0.25) is 0 Å². The van der Waals surface area contributed by atoms with Crippen LogP contribution in [-0.2, 0) is 19.1 Å². The number of thioether (sulfide) groups is 2. The van der Waals surface area contributed by atoms with E-state index < -0.39 is 18.0 Å². The van der Waals surface area contributed by atoms with Gasteiger partial charge in [-0.3, -0.25) is 4.79 Å². The number of carbonyl (C=O) groups is 3. The molecule has 0 aromatic heterocycles. The minimum absolute atomic E-state index is 0.175. The van der Waals surface area contributed by atoms with Gasteiger partial charge < -0.3 is 24.8 Å². The molecule has 30 heavy (non-hydrogen) atoms. The molecule has 2 N–H and O–H groups in total. The van der Waals surface area contributed by atoms with E-state index in [-0.39, 0.29) is 35.7 Å². The van der Waals surface area contributed by atoms with Gasteiger partial charge in [0.25, 0.3) is 0 Å². The van der Waals surface area contributed by atoms with Crippen molar-refractivity contribution in [2.75, 3.05) is 37.6 Å². The third-order valence-electron chi connectivity index (χ3n) is 4.54. The first-order chi connectivity index (χ1) is 14.5. The number of hydrogen-bond donors (Lipinski definition) is 2. The molecular formula is C20H24N2O6S2. The van der Waals surface area contributed by atoms with E-state index in [0.717, 1.165) is 11.5 Å². The molecule has 0 unspecified atom stereocenters. The van der Waals surface area contributed by atoms with Gasteiger partial charge in [-0.25, -0.2) is 9.59 Å². The summed E-state index contributed by atoms with van der Waals surface area (Å²) in [6.45, 7) is 1.66. The summed E-state index contributed by atoms with van der Waals surface area (Å²) in [5.41, 5.74) is 1.11. The number of hydrogen-bond acceptors (Lipinski definition) is 8. The lowest BCUT2D eigenvalue weighted by Crippen LogP contribution is -2.47. The Kier molecular flexibility index (Phi) is 7.92. The predicted molar refractivity (Wildman–Crippen MR) is 116 cm³/mol. The maximum atomic E-state index is 12.7. The minimum Gasteiger partial charge on any atom is -0.497 e. The molecule has 1 aromatic rings. The number of urea groups is 1. The lowest BCUT2D eigenvalue weighted by Gasteiger charge is -2.29. The zero-order valence-electron chi connectivity index (χ0n) is 16.8. The highest BCUT2D eigenvalue weighted by Gasteiger charge is 2.34. The number of carbonyl (C=O) groups excluding carboxylic acids is 3.